The van der Waals surface area contributed by atoms with Gasteiger partial charge in [-0.25, -0.2) is 0 Å². The van der Waals surface area contributed by atoms with Gasteiger partial charge in [0.25, 0.3) is 0 Å². The fourth-order valence-electron chi connectivity index (χ4n) is 2.31. The summed E-state index contributed by atoms with van der Waals surface area (Å²) < 4.78 is 0. The Bertz CT molecular complexity index is 374. The molecule has 1 aliphatic rings. The van der Waals surface area contributed by atoms with Gasteiger partial charge in [0.05, 0.1) is 5.60 Å². The maximum Gasteiger partial charge on any atom is 0.0810 e. The molecule has 0 aromatic heterocycles. The summed E-state index contributed by atoms with van der Waals surface area (Å²) in [4.78, 5) is 2.22. The monoisotopic (exact) mass is 220 g/mol. The highest BCUT2D eigenvalue weighted by Gasteiger charge is 2.32. The molecule has 3 N–H and O–H groups in total. The van der Waals surface area contributed by atoms with Gasteiger partial charge in [0.2, 0.25) is 0 Å². The second kappa shape index (κ2) is 4.07. The van der Waals surface area contributed by atoms with E-state index in [1.54, 1.807) is 0 Å². The van der Waals surface area contributed by atoms with Crippen molar-refractivity contribution in [3.63, 3.8) is 0 Å². The summed E-state index contributed by atoms with van der Waals surface area (Å²) in [7, 11) is 0. The lowest BCUT2D eigenvalue weighted by Gasteiger charge is -2.24. The number of benzene rings is 1. The van der Waals surface area contributed by atoms with Gasteiger partial charge in [0.15, 0.2) is 0 Å². The van der Waals surface area contributed by atoms with Crippen molar-refractivity contribution in [2.24, 2.45) is 5.73 Å². The van der Waals surface area contributed by atoms with Crippen LogP contribution in [0.15, 0.2) is 24.3 Å². The first-order valence-electron chi connectivity index (χ1n) is 5.81. The molecule has 1 aliphatic heterocycles. The van der Waals surface area contributed by atoms with Gasteiger partial charge in [-0.3, -0.25) is 0 Å². The molecule has 0 bridgehead atoms. The third-order valence-corrected chi connectivity index (χ3v) is 3.22. The molecule has 16 heavy (non-hydrogen) atoms. The molecule has 0 spiro atoms. The van der Waals surface area contributed by atoms with Crippen LogP contribution in [0.4, 0.5) is 5.69 Å². The van der Waals surface area contributed by atoms with Gasteiger partial charge < -0.3 is 15.7 Å². The normalized spacial score (nSPS) is 27.1. The van der Waals surface area contributed by atoms with Crippen LogP contribution in [0.5, 0.6) is 0 Å². The van der Waals surface area contributed by atoms with E-state index >= 15 is 0 Å². The second-order valence-electron chi connectivity index (χ2n) is 5.02. The van der Waals surface area contributed by atoms with Crippen molar-refractivity contribution in [2.75, 3.05) is 18.0 Å². The molecule has 1 aromatic rings. The van der Waals surface area contributed by atoms with E-state index in [0.717, 1.165) is 24.2 Å². The highest BCUT2D eigenvalue weighted by molar-refractivity contribution is 5.56. The number of nitrogens with zero attached hydrogens (tertiary/aromatic N) is 1. The number of β-amino-alcohol motifs (C(OH)–C–C–N with tert-alkyl or cyclic N) is 1. The first kappa shape index (κ1) is 11.4. The maximum atomic E-state index is 9.98. The summed E-state index contributed by atoms with van der Waals surface area (Å²) in [5.41, 5.74) is 7.71. The first-order chi connectivity index (χ1) is 7.49. The van der Waals surface area contributed by atoms with Gasteiger partial charge in [-0.2, -0.15) is 0 Å². The highest BCUT2D eigenvalue weighted by Crippen LogP contribution is 2.31. The van der Waals surface area contributed by atoms with E-state index < -0.39 is 5.60 Å². The van der Waals surface area contributed by atoms with E-state index in [2.05, 4.69) is 17.0 Å². The maximum absolute atomic E-state index is 9.98. The predicted molar refractivity (Wildman–Crippen MR) is 66.5 cm³/mol. The fourth-order valence-corrected chi connectivity index (χ4v) is 2.31. The molecule has 3 nitrogen and oxygen atoms in total. The quantitative estimate of drug-likeness (QED) is 0.797. The Balaban J connectivity index is 2.28. The topological polar surface area (TPSA) is 49.5 Å². The van der Waals surface area contributed by atoms with Crippen molar-refractivity contribution in [3.8, 4) is 0 Å². The molecule has 2 rings (SSSR count). The van der Waals surface area contributed by atoms with Gasteiger partial charge in [0.1, 0.15) is 0 Å². The van der Waals surface area contributed by atoms with E-state index in [1.165, 1.54) is 0 Å². The molecule has 1 aromatic carbocycles. The summed E-state index contributed by atoms with van der Waals surface area (Å²) in [5.74, 6) is 0. The fraction of sp³-hybridized carbons (Fsp3) is 0.538. The molecule has 88 valence electrons. The Morgan fingerprint density at radius 1 is 1.44 bits per heavy atom. The van der Waals surface area contributed by atoms with Gasteiger partial charge >= 0.3 is 0 Å². The number of aliphatic hydroxyl groups is 1. The van der Waals surface area contributed by atoms with Gasteiger partial charge in [-0.05, 0) is 31.9 Å². The Hall–Kier alpha value is -1.06. The lowest BCUT2D eigenvalue weighted by molar-refractivity contribution is 0.0839. The molecule has 1 saturated heterocycles. The minimum Gasteiger partial charge on any atom is -0.388 e. The van der Waals surface area contributed by atoms with Gasteiger partial charge in [0, 0.05) is 24.8 Å². The second-order valence-corrected chi connectivity index (χ2v) is 5.02. The van der Waals surface area contributed by atoms with Crippen molar-refractivity contribution < 1.29 is 5.11 Å². The molecule has 3 heteroatoms. The van der Waals surface area contributed by atoms with Crippen molar-refractivity contribution in [3.05, 3.63) is 29.8 Å². The zero-order valence-electron chi connectivity index (χ0n) is 9.98. The van der Waals surface area contributed by atoms with Crippen LogP contribution < -0.4 is 10.6 Å². The van der Waals surface area contributed by atoms with Crippen LogP contribution in [0.1, 0.15) is 31.9 Å². The van der Waals surface area contributed by atoms with Crippen LogP contribution in [0.25, 0.3) is 0 Å². The molecule has 1 fully saturated rings. The third-order valence-electron chi connectivity index (χ3n) is 3.22. The molecule has 1 unspecified atom stereocenters. The van der Waals surface area contributed by atoms with E-state index in [9.17, 15) is 5.11 Å². The number of para-hydroxylation sites is 1. The summed E-state index contributed by atoms with van der Waals surface area (Å²) in [6, 6.07) is 8.21. The van der Waals surface area contributed by atoms with Crippen LogP contribution in [0.3, 0.4) is 0 Å². The summed E-state index contributed by atoms with van der Waals surface area (Å²) in [6.07, 6.45) is 0.820. The van der Waals surface area contributed by atoms with Crippen LogP contribution in [-0.2, 0) is 0 Å². The summed E-state index contributed by atoms with van der Waals surface area (Å²) >= 11 is 0. The lowest BCUT2D eigenvalue weighted by Crippen LogP contribution is -2.30. The smallest absolute Gasteiger partial charge is 0.0810 e. The Morgan fingerprint density at radius 2 is 2.12 bits per heavy atom. The van der Waals surface area contributed by atoms with Crippen molar-refractivity contribution in [1.82, 2.24) is 0 Å². The molecule has 0 radical (unpaired) electrons. The number of hydrogen-bond donors (Lipinski definition) is 2. The largest absolute Gasteiger partial charge is 0.388 e. The van der Waals surface area contributed by atoms with Crippen LogP contribution in [0, 0.1) is 0 Å². The van der Waals surface area contributed by atoms with E-state index in [-0.39, 0.29) is 6.04 Å². The van der Waals surface area contributed by atoms with E-state index in [0.29, 0.717) is 6.54 Å². The predicted octanol–water partition coefficient (Wildman–Crippen LogP) is 1.67. The van der Waals surface area contributed by atoms with Crippen molar-refractivity contribution in [1.29, 1.82) is 0 Å². The van der Waals surface area contributed by atoms with E-state index in [1.807, 2.05) is 26.0 Å². The lowest BCUT2D eigenvalue weighted by atomic mass is 10.1. The molecule has 2 atom stereocenters. The van der Waals surface area contributed by atoms with Crippen molar-refractivity contribution in [2.45, 2.75) is 31.9 Å². The Kier molecular flexibility index (Phi) is 2.91. The first-order valence-corrected chi connectivity index (χ1v) is 5.81. The average molecular weight is 220 g/mol. The van der Waals surface area contributed by atoms with Crippen LogP contribution in [-0.4, -0.2) is 23.8 Å². The highest BCUT2D eigenvalue weighted by atomic mass is 16.3. The number of nitrogens with two attached hydrogens (primary N) is 1. The number of anilines is 1. The van der Waals surface area contributed by atoms with Crippen molar-refractivity contribution >= 4 is 5.69 Å². The molecule has 0 saturated carbocycles. The summed E-state index contributed by atoms with van der Waals surface area (Å²) in [6.45, 7) is 5.47. The molecular formula is C13H20N2O. The Morgan fingerprint density at radius 3 is 2.69 bits per heavy atom. The van der Waals surface area contributed by atoms with E-state index in [4.69, 9.17) is 5.73 Å². The molecular weight excluding hydrogens is 200 g/mol. The van der Waals surface area contributed by atoms with Crippen LogP contribution in [0.2, 0.25) is 0 Å². The average Bonchev–Trinajstić information content (AvgIpc) is 2.59. The zero-order valence-corrected chi connectivity index (χ0v) is 9.98. The standard InChI is InChI=1S/C13H20N2O/c1-10(14)11-5-3-4-6-12(11)15-8-7-13(2,16)9-15/h3-6,10,16H,7-9,14H2,1-2H3/t10-,13?/m1/s1. The Labute approximate surface area is 96.9 Å². The minimum atomic E-state index is -0.565. The molecule has 0 aliphatic carbocycles. The minimum absolute atomic E-state index is 0.0294. The van der Waals surface area contributed by atoms with Crippen LogP contribution >= 0.6 is 0 Å². The zero-order chi connectivity index (χ0) is 11.8. The van der Waals surface area contributed by atoms with Gasteiger partial charge in [-0.15, -0.1) is 0 Å². The number of rotatable bonds is 2. The summed E-state index contributed by atoms with van der Waals surface area (Å²) in [5, 5.41) is 9.98. The number of hydrogen-bond acceptors (Lipinski definition) is 3. The van der Waals surface area contributed by atoms with Gasteiger partial charge in [-0.1, -0.05) is 18.2 Å². The molecule has 1 heterocycles. The third kappa shape index (κ3) is 2.20. The SMILES string of the molecule is C[C@@H](N)c1ccccc1N1CCC(C)(O)C1. The molecule has 0 amide bonds.